The van der Waals surface area contributed by atoms with Crippen LogP contribution in [0.2, 0.25) is 0 Å². The predicted octanol–water partition coefficient (Wildman–Crippen LogP) is -0.243. The van der Waals surface area contributed by atoms with Crippen LogP contribution >= 0.6 is 0 Å². The van der Waals surface area contributed by atoms with E-state index < -0.39 is 0 Å². The fourth-order valence-corrected chi connectivity index (χ4v) is 2.24. The average molecular weight is 278 g/mol. The molecule has 1 atom stereocenters. The van der Waals surface area contributed by atoms with E-state index in [9.17, 15) is 14.4 Å². The van der Waals surface area contributed by atoms with Crippen LogP contribution in [0.1, 0.15) is 30.8 Å². The van der Waals surface area contributed by atoms with Crippen molar-refractivity contribution >= 4 is 11.8 Å². The van der Waals surface area contributed by atoms with Gasteiger partial charge in [-0.15, -0.1) is 0 Å². The minimum Gasteiger partial charge on any atom is -0.350 e. The summed E-state index contributed by atoms with van der Waals surface area (Å²) in [5.41, 5.74) is -0.190. The number of nitrogens with one attached hydrogen (secondary N) is 2. The average Bonchev–Trinajstić information content (AvgIpc) is 2.78. The van der Waals surface area contributed by atoms with Crippen molar-refractivity contribution in [3.05, 3.63) is 28.4 Å². The van der Waals surface area contributed by atoms with Gasteiger partial charge in [-0.3, -0.25) is 14.4 Å². The Kier molecular flexibility index (Phi) is 4.16. The molecule has 1 saturated heterocycles. The molecule has 1 aromatic rings. The maximum atomic E-state index is 11.8. The molecule has 2 rings (SSSR count). The molecule has 0 aromatic carbocycles. The number of hydrogen-bond donors (Lipinski definition) is 2. The van der Waals surface area contributed by atoms with Gasteiger partial charge in [-0.05, 0) is 13.8 Å². The highest BCUT2D eigenvalue weighted by atomic mass is 16.2. The summed E-state index contributed by atoms with van der Waals surface area (Å²) >= 11 is 0. The highest BCUT2D eigenvalue weighted by Crippen LogP contribution is 2.19. The van der Waals surface area contributed by atoms with E-state index in [1.165, 1.54) is 6.20 Å². The fraction of sp³-hybridized carbons (Fsp3) is 0.538. The third kappa shape index (κ3) is 3.23. The summed E-state index contributed by atoms with van der Waals surface area (Å²) in [6.07, 6.45) is 2.80. The first-order valence-corrected chi connectivity index (χ1v) is 6.59. The lowest BCUT2D eigenvalue weighted by Crippen LogP contribution is -2.34. The Morgan fingerprint density at radius 2 is 2.30 bits per heavy atom. The molecule has 1 aromatic heterocycles. The zero-order valence-corrected chi connectivity index (χ0v) is 11.5. The second kappa shape index (κ2) is 5.85. The molecule has 7 heteroatoms. The molecular weight excluding hydrogens is 260 g/mol. The number of rotatable bonds is 4. The summed E-state index contributed by atoms with van der Waals surface area (Å²) < 4.78 is 0. The van der Waals surface area contributed by atoms with Crippen LogP contribution in [0.25, 0.3) is 0 Å². The smallest absolute Gasteiger partial charge is 0.271 e. The largest absolute Gasteiger partial charge is 0.350 e. The fourth-order valence-electron chi connectivity index (χ4n) is 2.24. The molecule has 1 fully saturated rings. The van der Waals surface area contributed by atoms with E-state index >= 15 is 0 Å². The summed E-state index contributed by atoms with van der Waals surface area (Å²) in [5.74, 6) is -0.102. The molecule has 7 nitrogen and oxygen atoms in total. The van der Waals surface area contributed by atoms with Crippen molar-refractivity contribution in [3.8, 4) is 0 Å². The van der Waals surface area contributed by atoms with Crippen LogP contribution in [0.3, 0.4) is 0 Å². The lowest BCUT2D eigenvalue weighted by atomic mass is 10.1. The Hall–Kier alpha value is -2.18. The second-order valence-corrected chi connectivity index (χ2v) is 5.22. The molecule has 0 spiro atoms. The molecule has 108 valence electrons. The molecule has 2 heterocycles. The van der Waals surface area contributed by atoms with Crippen LogP contribution in [0.4, 0.5) is 0 Å². The normalized spacial score (nSPS) is 18.6. The quantitative estimate of drug-likeness (QED) is 0.794. The van der Waals surface area contributed by atoms with Crippen molar-refractivity contribution in [2.75, 3.05) is 13.1 Å². The number of carbonyl (C=O) groups is 2. The maximum absolute atomic E-state index is 11.8. The summed E-state index contributed by atoms with van der Waals surface area (Å²) in [5, 5.41) is 2.74. The first-order valence-electron chi connectivity index (χ1n) is 6.59. The minimum atomic E-state index is -0.351. The standard InChI is InChI=1S/C13H18N4O3/c1-8(2)17-7-9(3-12(17)19)4-16-13(20)10-5-15-11(18)6-14-10/h5-6,8-9H,3-4,7H2,1-2H3,(H,15,18)(H,16,20)/t9-/m0/s1. The van der Waals surface area contributed by atoms with E-state index in [1.807, 2.05) is 18.7 Å². The van der Waals surface area contributed by atoms with E-state index in [0.717, 1.165) is 6.20 Å². The maximum Gasteiger partial charge on any atom is 0.271 e. The molecule has 1 aliphatic rings. The molecule has 20 heavy (non-hydrogen) atoms. The summed E-state index contributed by atoms with van der Waals surface area (Å²) in [4.78, 5) is 42.4. The first-order chi connectivity index (χ1) is 9.47. The van der Waals surface area contributed by atoms with Gasteiger partial charge in [-0.25, -0.2) is 4.98 Å². The van der Waals surface area contributed by atoms with Gasteiger partial charge in [0.1, 0.15) is 5.69 Å². The molecular formula is C13H18N4O3. The highest BCUT2D eigenvalue weighted by molar-refractivity contribution is 5.91. The van der Waals surface area contributed by atoms with Crippen LogP contribution < -0.4 is 10.9 Å². The van der Waals surface area contributed by atoms with E-state index in [4.69, 9.17) is 0 Å². The molecule has 0 unspecified atom stereocenters. The van der Waals surface area contributed by atoms with Gasteiger partial charge in [-0.2, -0.15) is 0 Å². The number of aromatic amines is 1. The van der Waals surface area contributed by atoms with E-state index in [-0.39, 0.29) is 35.0 Å². The predicted molar refractivity (Wildman–Crippen MR) is 72.1 cm³/mol. The Balaban J connectivity index is 1.87. The van der Waals surface area contributed by atoms with Crippen LogP contribution in [0, 0.1) is 5.92 Å². The van der Waals surface area contributed by atoms with Crippen LogP contribution in [0.5, 0.6) is 0 Å². The first kappa shape index (κ1) is 14.2. The number of likely N-dealkylation sites (tertiary alicyclic amines) is 1. The van der Waals surface area contributed by atoms with Crippen LogP contribution in [0.15, 0.2) is 17.2 Å². The third-order valence-corrected chi connectivity index (χ3v) is 3.32. The Labute approximate surface area is 116 Å². The molecule has 0 saturated carbocycles. The number of amides is 2. The molecule has 0 aliphatic carbocycles. The van der Waals surface area contributed by atoms with Crippen molar-refractivity contribution in [1.82, 2.24) is 20.2 Å². The Morgan fingerprint density at radius 3 is 2.85 bits per heavy atom. The van der Waals surface area contributed by atoms with Gasteiger partial charge in [-0.1, -0.05) is 0 Å². The molecule has 2 amide bonds. The lowest BCUT2D eigenvalue weighted by molar-refractivity contribution is -0.129. The van der Waals surface area contributed by atoms with Crippen molar-refractivity contribution in [2.24, 2.45) is 5.92 Å². The topological polar surface area (TPSA) is 95.2 Å². The summed E-state index contributed by atoms with van der Waals surface area (Å²) in [6, 6.07) is 0.184. The summed E-state index contributed by atoms with van der Waals surface area (Å²) in [6.45, 7) is 5.04. The highest BCUT2D eigenvalue weighted by Gasteiger charge is 2.31. The van der Waals surface area contributed by atoms with Gasteiger partial charge < -0.3 is 15.2 Å². The molecule has 1 aliphatic heterocycles. The van der Waals surface area contributed by atoms with Gasteiger partial charge in [0.05, 0.1) is 6.20 Å². The van der Waals surface area contributed by atoms with E-state index in [1.54, 1.807) is 0 Å². The lowest BCUT2D eigenvalue weighted by Gasteiger charge is -2.21. The summed E-state index contributed by atoms with van der Waals surface area (Å²) in [7, 11) is 0. The van der Waals surface area contributed by atoms with Crippen molar-refractivity contribution in [2.45, 2.75) is 26.3 Å². The second-order valence-electron chi connectivity index (χ2n) is 5.22. The van der Waals surface area contributed by atoms with E-state index in [0.29, 0.717) is 19.5 Å². The Morgan fingerprint density at radius 1 is 1.55 bits per heavy atom. The van der Waals surface area contributed by atoms with Gasteiger partial charge >= 0.3 is 0 Å². The Bertz CT molecular complexity index is 546. The zero-order chi connectivity index (χ0) is 14.7. The molecule has 0 radical (unpaired) electrons. The number of aromatic nitrogens is 2. The van der Waals surface area contributed by atoms with E-state index in [2.05, 4.69) is 15.3 Å². The van der Waals surface area contributed by atoms with Gasteiger partial charge in [0.2, 0.25) is 5.91 Å². The van der Waals surface area contributed by atoms with Crippen molar-refractivity contribution in [3.63, 3.8) is 0 Å². The molecule has 0 bridgehead atoms. The van der Waals surface area contributed by atoms with Crippen LogP contribution in [-0.4, -0.2) is 45.8 Å². The van der Waals surface area contributed by atoms with Crippen molar-refractivity contribution < 1.29 is 9.59 Å². The number of carbonyl (C=O) groups excluding carboxylic acids is 2. The SMILES string of the molecule is CC(C)N1C[C@H](CNC(=O)c2c[nH]c(=O)cn2)CC1=O. The van der Waals surface area contributed by atoms with Gasteiger partial charge in [0.25, 0.3) is 11.5 Å². The number of nitrogens with zero attached hydrogens (tertiary/aromatic N) is 2. The van der Waals surface area contributed by atoms with Gasteiger partial charge in [0.15, 0.2) is 0 Å². The van der Waals surface area contributed by atoms with Crippen molar-refractivity contribution in [1.29, 1.82) is 0 Å². The zero-order valence-electron chi connectivity index (χ0n) is 11.5. The number of H-pyrrole nitrogens is 1. The third-order valence-electron chi connectivity index (χ3n) is 3.32. The monoisotopic (exact) mass is 278 g/mol. The number of hydrogen-bond acceptors (Lipinski definition) is 4. The molecule has 2 N–H and O–H groups in total. The van der Waals surface area contributed by atoms with Gasteiger partial charge in [0, 0.05) is 37.7 Å². The minimum absolute atomic E-state index is 0.122. The van der Waals surface area contributed by atoms with Crippen LogP contribution in [-0.2, 0) is 4.79 Å².